The Labute approximate surface area is 132 Å². The van der Waals surface area contributed by atoms with Crippen LogP contribution in [0.3, 0.4) is 0 Å². The molecule has 0 radical (unpaired) electrons. The molecule has 1 saturated heterocycles. The summed E-state index contributed by atoms with van der Waals surface area (Å²) in [5.41, 5.74) is 1.08. The Kier molecular flexibility index (Phi) is 4.50. The third-order valence-electron chi connectivity index (χ3n) is 4.76. The summed E-state index contributed by atoms with van der Waals surface area (Å²) in [6.45, 7) is 4.18. The number of nitrogens with zero attached hydrogens (tertiary/aromatic N) is 2. The van der Waals surface area contributed by atoms with Crippen molar-refractivity contribution in [3.63, 3.8) is 0 Å². The van der Waals surface area contributed by atoms with E-state index in [0.29, 0.717) is 19.0 Å². The van der Waals surface area contributed by atoms with Crippen molar-refractivity contribution in [2.24, 2.45) is 0 Å². The van der Waals surface area contributed by atoms with E-state index in [-0.39, 0.29) is 11.6 Å². The highest BCUT2D eigenvalue weighted by Crippen LogP contribution is 2.37. The lowest BCUT2D eigenvalue weighted by atomic mass is 9.81. The van der Waals surface area contributed by atoms with Gasteiger partial charge in [-0.25, -0.2) is 9.78 Å². The molecule has 0 atom stereocenters. The Bertz CT molecular complexity index is 509. The van der Waals surface area contributed by atoms with Gasteiger partial charge < -0.3 is 15.0 Å². The van der Waals surface area contributed by atoms with Crippen molar-refractivity contribution in [3.8, 4) is 5.88 Å². The molecular formula is C17H25N3O2. The minimum absolute atomic E-state index is 0.0206. The van der Waals surface area contributed by atoms with E-state index < -0.39 is 0 Å². The SMILES string of the molecule is CCCOc1ccc(CN2C(=O)NCC23CCCCC3)cn1. The maximum absolute atomic E-state index is 12.2. The second-order valence-electron chi connectivity index (χ2n) is 6.38. The minimum atomic E-state index is 0.0206. The number of pyridine rings is 1. The largest absolute Gasteiger partial charge is 0.478 e. The maximum Gasteiger partial charge on any atom is 0.318 e. The summed E-state index contributed by atoms with van der Waals surface area (Å²) in [5, 5.41) is 3.03. The van der Waals surface area contributed by atoms with Crippen LogP contribution in [-0.2, 0) is 6.54 Å². The fourth-order valence-corrected chi connectivity index (χ4v) is 3.52. The summed E-state index contributed by atoms with van der Waals surface area (Å²) in [6, 6.07) is 3.97. The Balaban J connectivity index is 1.69. The van der Waals surface area contributed by atoms with Crippen LogP contribution in [0.2, 0.25) is 0 Å². The first-order valence-electron chi connectivity index (χ1n) is 8.37. The first kappa shape index (κ1) is 15.1. The van der Waals surface area contributed by atoms with Crippen molar-refractivity contribution in [2.75, 3.05) is 13.2 Å². The smallest absolute Gasteiger partial charge is 0.318 e. The van der Waals surface area contributed by atoms with Gasteiger partial charge in [0.15, 0.2) is 0 Å². The van der Waals surface area contributed by atoms with Crippen molar-refractivity contribution in [1.29, 1.82) is 0 Å². The van der Waals surface area contributed by atoms with Gasteiger partial charge in [-0.05, 0) is 24.8 Å². The summed E-state index contributed by atoms with van der Waals surface area (Å²) in [6.07, 6.45) is 8.73. The third kappa shape index (κ3) is 3.03. The van der Waals surface area contributed by atoms with Crippen molar-refractivity contribution < 1.29 is 9.53 Å². The standard InChI is InChI=1S/C17H25N3O2/c1-2-10-22-15-7-6-14(11-18-15)12-20-16(21)19-13-17(20)8-4-3-5-9-17/h6-7,11H,2-5,8-10,12-13H2,1H3,(H,19,21). The van der Waals surface area contributed by atoms with E-state index in [4.69, 9.17) is 4.74 Å². The quantitative estimate of drug-likeness (QED) is 0.909. The molecule has 22 heavy (non-hydrogen) atoms. The molecule has 0 unspecified atom stereocenters. The van der Waals surface area contributed by atoms with Crippen LogP contribution in [-0.4, -0.2) is 34.6 Å². The Morgan fingerprint density at radius 2 is 2.14 bits per heavy atom. The highest BCUT2D eigenvalue weighted by atomic mass is 16.5. The number of carbonyl (C=O) groups is 1. The molecule has 1 aromatic heterocycles. The summed E-state index contributed by atoms with van der Waals surface area (Å²) < 4.78 is 5.51. The zero-order valence-electron chi connectivity index (χ0n) is 13.3. The molecule has 2 fully saturated rings. The van der Waals surface area contributed by atoms with E-state index in [0.717, 1.165) is 31.4 Å². The second kappa shape index (κ2) is 6.55. The van der Waals surface area contributed by atoms with Gasteiger partial charge in [0.2, 0.25) is 5.88 Å². The number of hydrogen-bond donors (Lipinski definition) is 1. The van der Waals surface area contributed by atoms with Crippen LogP contribution in [0.15, 0.2) is 18.3 Å². The topological polar surface area (TPSA) is 54.5 Å². The first-order valence-corrected chi connectivity index (χ1v) is 8.37. The molecule has 2 aliphatic rings. The van der Waals surface area contributed by atoms with E-state index >= 15 is 0 Å². The van der Waals surface area contributed by atoms with Gasteiger partial charge in [-0.3, -0.25) is 0 Å². The number of amides is 2. The molecule has 1 saturated carbocycles. The van der Waals surface area contributed by atoms with Gasteiger partial charge in [0, 0.05) is 25.4 Å². The number of hydrogen-bond acceptors (Lipinski definition) is 3. The summed E-state index contributed by atoms with van der Waals surface area (Å²) >= 11 is 0. The van der Waals surface area contributed by atoms with E-state index in [2.05, 4.69) is 17.2 Å². The summed E-state index contributed by atoms with van der Waals surface area (Å²) in [5.74, 6) is 0.656. The number of aromatic nitrogens is 1. The monoisotopic (exact) mass is 303 g/mol. The van der Waals surface area contributed by atoms with Crippen LogP contribution in [0.5, 0.6) is 5.88 Å². The zero-order chi connectivity index (χ0) is 15.4. The molecule has 120 valence electrons. The van der Waals surface area contributed by atoms with Crippen LogP contribution in [0, 0.1) is 0 Å². The first-order chi connectivity index (χ1) is 10.7. The van der Waals surface area contributed by atoms with Crippen LogP contribution in [0.4, 0.5) is 4.79 Å². The van der Waals surface area contributed by atoms with Crippen LogP contribution in [0.1, 0.15) is 51.0 Å². The van der Waals surface area contributed by atoms with Crippen LogP contribution < -0.4 is 10.1 Å². The van der Waals surface area contributed by atoms with E-state index in [9.17, 15) is 4.79 Å². The molecule has 3 rings (SSSR count). The van der Waals surface area contributed by atoms with Crippen molar-refractivity contribution >= 4 is 6.03 Å². The predicted octanol–water partition coefficient (Wildman–Crippen LogP) is 3.10. The molecule has 0 bridgehead atoms. The third-order valence-corrected chi connectivity index (χ3v) is 4.76. The highest BCUT2D eigenvalue weighted by Gasteiger charge is 2.45. The number of ether oxygens (including phenoxy) is 1. The predicted molar refractivity (Wildman–Crippen MR) is 84.8 cm³/mol. The number of nitrogens with one attached hydrogen (secondary N) is 1. The number of carbonyl (C=O) groups excluding carboxylic acids is 1. The Hall–Kier alpha value is -1.78. The fourth-order valence-electron chi connectivity index (χ4n) is 3.52. The van der Waals surface area contributed by atoms with Crippen molar-refractivity contribution in [2.45, 2.75) is 57.5 Å². The summed E-state index contributed by atoms with van der Waals surface area (Å²) in [7, 11) is 0. The number of rotatable bonds is 5. The Morgan fingerprint density at radius 1 is 1.32 bits per heavy atom. The van der Waals surface area contributed by atoms with Gasteiger partial charge in [-0.1, -0.05) is 32.3 Å². The van der Waals surface area contributed by atoms with Gasteiger partial charge in [-0.2, -0.15) is 0 Å². The number of urea groups is 1. The van der Waals surface area contributed by atoms with Gasteiger partial charge >= 0.3 is 6.03 Å². The lowest BCUT2D eigenvalue weighted by Crippen LogP contribution is -2.48. The van der Waals surface area contributed by atoms with Gasteiger partial charge in [0.1, 0.15) is 0 Å². The molecule has 1 spiro atoms. The fraction of sp³-hybridized carbons (Fsp3) is 0.647. The maximum atomic E-state index is 12.2. The zero-order valence-corrected chi connectivity index (χ0v) is 13.3. The molecule has 1 aliphatic heterocycles. The molecule has 5 heteroatoms. The van der Waals surface area contributed by atoms with Gasteiger partial charge in [0.25, 0.3) is 0 Å². The molecule has 2 heterocycles. The second-order valence-corrected chi connectivity index (χ2v) is 6.38. The van der Waals surface area contributed by atoms with E-state index in [1.54, 1.807) is 0 Å². The average molecular weight is 303 g/mol. The van der Waals surface area contributed by atoms with Gasteiger partial charge in [0.05, 0.1) is 12.1 Å². The van der Waals surface area contributed by atoms with Crippen molar-refractivity contribution in [3.05, 3.63) is 23.9 Å². The summed E-state index contributed by atoms with van der Waals surface area (Å²) in [4.78, 5) is 18.6. The molecule has 0 aromatic carbocycles. The molecule has 5 nitrogen and oxygen atoms in total. The van der Waals surface area contributed by atoms with Crippen LogP contribution in [0.25, 0.3) is 0 Å². The molecular weight excluding hydrogens is 278 g/mol. The molecule has 2 amide bonds. The average Bonchev–Trinajstić information content (AvgIpc) is 2.84. The lowest BCUT2D eigenvalue weighted by molar-refractivity contribution is 0.113. The van der Waals surface area contributed by atoms with Crippen molar-refractivity contribution in [1.82, 2.24) is 15.2 Å². The molecule has 1 N–H and O–H groups in total. The lowest BCUT2D eigenvalue weighted by Gasteiger charge is -2.40. The van der Waals surface area contributed by atoms with E-state index in [1.165, 1.54) is 19.3 Å². The van der Waals surface area contributed by atoms with E-state index in [1.807, 2.05) is 23.2 Å². The molecule has 1 aliphatic carbocycles. The molecule has 1 aromatic rings. The van der Waals surface area contributed by atoms with Gasteiger partial charge in [-0.15, -0.1) is 0 Å². The Morgan fingerprint density at radius 3 is 2.82 bits per heavy atom. The minimum Gasteiger partial charge on any atom is -0.478 e. The normalized spacial score (nSPS) is 20.2. The van der Waals surface area contributed by atoms with Crippen LogP contribution >= 0.6 is 0 Å². The highest BCUT2D eigenvalue weighted by molar-refractivity contribution is 5.78.